The topological polar surface area (TPSA) is 60.4 Å². The molecule has 0 saturated carbocycles. The number of likely N-dealkylation sites (N-methyl/N-ethyl adjacent to an activating group) is 1. The fourth-order valence-electron chi connectivity index (χ4n) is 2.39. The van der Waals surface area contributed by atoms with E-state index in [1.165, 1.54) is 0 Å². The highest BCUT2D eigenvalue weighted by atomic mass is 127. The summed E-state index contributed by atoms with van der Waals surface area (Å²) in [5.41, 5.74) is 2.98. The van der Waals surface area contributed by atoms with Gasteiger partial charge in [-0.25, -0.2) is 0 Å². The van der Waals surface area contributed by atoms with Gasteiger partial charge >= 0.3 is 0 Å². The van der Waals surface area contributed by atoms with Gasteiger partial charge in [0.2, 0.25) is 0 Å². The average molecular weight is 471 g/mol. The summed E-state index contributed by atoms with van der Waals surface area (Å²) in [6.07, 6.45) is -0.0327. The number of aliphatic carboxylic acids is 1. The van der Waals surface area contributed by atoms with Gasteiger partial charge in [-0.05, 0) is 30.5 Å². The van der Waals surface area contributed by atoms with Gasteiger partial charge in [-0.15, -0.1) is 24.0 Å². The minimum Gasteiger partial charge on any atom is -0.550 e. The summed E-state index contributed by atoms with van der Waals surface area (Å²) >= 11 is 0. The van der Waals surface area contributed by atoms with E-state index in [0.717, 1.165) is 40.8 Å². The van der Waals surface area contributed by atoms with Crippen molar-refractivity contribution in [1.29, 1.82) is 0 Å². The molecule has 0 amide bonds. The highest BCUT2D eigenvalue weighted by Gasteiger charge is 2.13. The summed E-state index contributed by atoms with van der Waals surface area (Å²) in [6.45, 7) is 7.71. The van der Waals surface area contributed by atoms with Crippen LogP contribution >= 0.6 is 24.0 Å². The smallest absolute Gasteiger partial charge is 0.102 e. The molecule has 144 valence electrons. The molecule has 2 rings (SSSR count). The average Bonchev–Trinajstić information content (AvgIpc) is 2.63. The van der Waals surface area contributed by atoms with Crippen molar-refractivity contribution in [2.24, 2.45) is 0 Å². The maximum atomic E-state index is 10.4. The van der Waals surface area contributed by atoms with Gasteiger partial charge in [0.25, 0.3) is 0 Å². The number of aliphatic hydroxyl groups is 1. The first-order valence-corrected chi connectivity index (χ1v) is 8.72. The van der Waals surface area contributed by atoms with Crippen molar-refractivity contribution in [3.05, 3.63) is 60.2 Å². The van der Waals surface area contributed by atoms with E-state index in [1.807, 2.05) is 54.6 Å². The van der Waals surface area contributed by atoms with Crippen molar-refractivity contribution in [3.63, 3.8) is 0 Å². The van der Waals surface area contributed by atoms with Crippen molar-refractivity contribution in [2.45, 2.75) is 20.3 Å². The predicted molar refractivity (Wildman–Crippen MR) is 115 cm³/mol. The van der Waals surface area contributed by atoms with Crippen LogP contribution < -0.4 is 5.11 Å². The van der Waals surface area contributed by atoms with Gasteiger partial charge in [-0.2, -0.15) is 0 Å². The molecule has 0 bridgehead atoms. The third kappa shape index (κ3) is 8.78. The maximum absolute atomic E-state index is 10.4. The minimum atomic E-state index is -1.05. The second-order valence-electron chi connectivity index (χ2n) is 6.31. The van der Waals surface area contributed by atoms with Gasteiger partial charge < -0.3 is 19.5 Å². The number of carbonyl (C=O) groups is 1. The van der Waals surface area contributed by atoms with E-state index >= 15 is 0 Å². The van der Waals surface area contributed by atoms with E-state index < -0.39 is 5.97 Å². The van der Waals surface area contributed by atoms with Gasteiger partial charge in [0.1, 0.15) is 6.54 Å². The number of benzene rings is 2. The molecule has 4 nitrogen and oxygen atoms in total. The van der Waals surface area contributed by atoms with Gasteiger partial charge in [0, 0.05) is 12.4 Å². The number of hydrogen-bond acceptors (Lipinski definition) is 3. The third-order valence-corrected chi connectivity index (χ3v) is 4.58. The van der Waals surface area contributed by atoms with Crippen LogP contribution in [0.3, 0.4) is 0 Å². The number of carbonyl (C=O) groups excluding carboxylic acids is 1. The van der Waals surface area contributed by atoms with Crippen LogP contribution in [0.1, 0.15) is 19.4 Å². The second-order valence-corrected chi connectivity index (χ2v) is 6.31. The molecule has 0 radical (unpaired) electrons. The molecule has 0 atom stereocenters. The summed E-state index contributed by atoms with van der Waals surface area (Å²) in [4.78, 5) is 10.4. The first kappa shape index (κ1) is 24.6. The molecule has 1 N–H and O–H groups in total. The molecule has 0 saturated heterocycles. The Morgan fingerprint density at radius 1 is 0.962 bits per heavy atom. The Morgan fingerprint density at radius 2 is 1.46 bits per heavy atom. The summed E-state index contributed by atoms with van der Waals surface area (Å²) in [5, 5.41) is 19.1. The highest BCUT2D eigenvalue weighted by Crippen LogP contribution is 2.19. The van der Waals surface area contributed by atoms with Crippen molar-refractivity contribution < 1.29 is 19.5 Å². The Labute approximate surface area is 174 Å². The minimum absolute atomic E-state index is 0. The molecule has 0 aliphatic rings. The van der Waals surface area contributed by atoms with E-state index in [2.05, 4.69) is 20.9 Å². The summed E-state index contributed by atoms with van der Waals surface area (Å²) in [6, 6.07) is 17.4. The molecule has 0 heterocycles. The van der Waals surface area contributed by atoms with Crippen molar-refractivity contribution in [3.8, 4) is 11.1 Å². The highest BCUT2D eigenvalue weighted by molar-refractivity contribution is 14.0. The zero-order valence-corrected chi connectivity index (χ0v) is 18.2. The van der Waals surface area contributed by atoms with Crippen LogP contribution in [0.15, 0.2) is 54.6 Å². The monoisotopic (exact) mass is 471 g/mol. The predicted octanol–water partition coefficient (Wildman–Crippen LogP) is 2.73. The van der Waals surface area contributed by atoms with E-state index in [1.54, 1.807) is 0 Å². The Morgan fingerprint density at radius 3 is 1.85 bits per heavy atom. The molecule has 0 spiro atoms. The van der Waals surface area contributed by atoms with E-state index in [9.17, 15) is 9.90 Å². The lowest BCUT2D eigenvalue weighted by Gasteiger charge is -2.31. The third-order valence-electron chi connectivity index (χ3n) is 4.58. The normalized spacial score (nSPS) is 10.3. The van der Waals surface area contributed by atoms with Crippen LogP contribution in [0.4, 0.5) is 0 Å². The van der Waals surface area contributed by atoms with Crippen LogP contribution in [0.2, 0.25) is 0 Å². The van der Waals surface area contributed by atoms with Gasteiger partial charge in [0.15, 0.2) is 0 Å². The van der Waals surface area contributed by atoms with E-state index in [4.69, 9.17) is 5.11 Å². The molecule has 2 aromatic carbocycles. The molecule has 0 aliphatic heterocycles. The molecule has 2 aromatic rings. The molecular formula is C21H30INO3. The Bertz CT molecular complexity index is 625. The zero-order chi connectivity index (χ0) is 18.7. The maximum Gasteiger partial charge on any atom is 0.102 e. The van der Waals surface area contributed by atoms with E-state index in [-0.39, 0.29) is 30.4 Å². The Kier molecular flexibility index (Phi) is 12.1. The number of quaternary nitrogens is 1. The first-order chi connectivity index (χ1) is 11.9. The number of nitrogens with zero attached hydrogens (tertiary/aromatic N) is 1. The lowest BCUT2D eigenvalue weighted by molar-refractivity contribution is -0.906. The number of rotatable bonds is 7. The molecule has 26 heavy (non-hydrogen) atoms. The van der Waals surface area contributed by atoms with Crippen LogP contribution in [0.25, 0.3) is 11.1 Å². The number of carboxylic acid groups (broad SMARTS) is 1. The number of halogens is 1. The number of hydrogen-bond donors (Lipinski definition) is 1. The van der Waals surface area contributed by atoms with Crippen molar-refractivity contribution in [2.75, 3.05) is 33.3 Å². The van der Waals surface area contributed by atoms with Crippen LogP contribution in [0, 0.1) is 0 Å². The quantitative estimate of drug-likeness (QED) is 0.499. The lowest BCUT2D eigenvalue weighted by atomic mass is 10.0. The molecule has 0 fully saturated rings. The standard InChI is InChI=1S/C14H12O2.C7H18NO.HI/c15-14(16)10-11-6-8-13(9-7-11)12-4-2-1-3-5-12;1-4-8(3,5-2)6-7-9;/h1-9H,10H2,(H,15,16);9H,4-7H2,1-3H3;1H/q;+1;/p-1. The van der Waals surface area contributed by atoms with Gasteiger partial charge in [-0.3, -0.25) is 0 Å². The van der Waals surface area contributed by atoms with E-state index in [0.29, 0.717) is 6.61 Å². The summed E-state index contributed by atoms with van der Waals surface area (Å²) < 4.78 is 0.983. The van der Waals surface area contributed by atoms with Crippen molar-refractivity contribution in [1.82, 2.24) is 0 Å². The Balaban J connectivity index is 0.000000543. The molecule has 0 aliphatic carbocycles. The number of aliphatic hydroxyl groups excluding tert-OH is 1. The lowest BCUT2D eigenvalue weighted by Crippen LogP contribution is -2.45. The Hall–Kier alpha value is -1.44. The van der Waals surface area contributed by atoms with Crippen molar-refractivity contribution >= 4 is 29.9 Å². The fraction of sp³-hybridized carbons (Fsp3) is 0.381. The van der Waals surface area contributed by atoms with Gasteiger partial charge in [-0.1, -0.05) is 54.6 Å². The SMILES string of the molecule is CC[N+](C)(CC)CCO.I.O=C([O-])Cc1ccc(-c2ccccc2)cc1. The molecule has 0 aromatic heterocycles. The van der Waals surface area contributed by atoms with Gasteiger partial charge in [0.05, 0.1) is 26.7 Å². The molecular weight excluding hydrogens is 441 g/mol. The number of carboxylic acids is 1. The zero-order valence-electron chi connectivity index (χ0n) is 15.9. The summed E-state index contributed by atoms with van der Waals surface area (Å²) in [7, 11) is 2.16. The molecule has 5 heteroatoms. The largest absolute Gasteiger partial charge is 0.550 e. The first-order valence-electron chi connectivity index (χ1n) is 8.72. The second kappa shape index (κ2) is 12.8. The summed E-state index contributed by atoms with van der Waals surface area (Å²) in [5.74, 6) is -1.05. The fourth-order valence-corrected chi connectivity index (χ4v) is 2.39. The molecule has 0 unspecified atom stereocenters. The van der Waals surface area contributed by atoms with Crippen LogP contribution in [-0.4, -0.2) is 48.8 Å². The van der Waals surface area contributed by atoms with Crippen LogP contribution in [0.5, 0.6) is 0 Å². The van der Waals surface area contributed by atoms with Crippen LogP contribution in [-0.2, 0) is 11.2 Å².